The first kappa shape index (κ1) is 27.1. The van der Waals surface area contributed by atoms with Gasteiger partial charge < -0.3 is 14.2 Å². The molecule has 2 aliphatic heterocycles. The van der Waals surface area contributed by atoms with E-state index in [-0.39, 0.29) is 11.8 Å². The van der Waals surface area contributed by atoms with Crippen molar-refractivity contribution in [2.24, 2.45) is 0 Å². The molecule has 210 valence electrons. The normalized spacial score (nSPS) is 18.1. The SMILES string of the molecule is CN(C)SNC(=O)c1ccc2c(C3CCCCC3)c3n(c2c1)CC(C(=O)N1CCCOCC1)=Cc1ccccc1-3. The van der Waals surface area contributed by atoms with Crippen molar-refractivity contribution in [2.75, 3.05) is 40.4 Å². The number of carbonyl (C=O) groups excluding carboxylic acids is 2. The number of rotatable bonds is 5. The molecule has 2 fully saturated rings. The van der Waals surface area contributed by atoms with Gasteiger partial charge in [-0.1, -0.05) is 49.6 Å². The molecule has 1 aliphatic carbocycles. The molecule has 0 bridgehead atoms. The summed E-state index contributed by atoms with van der Waals surface area (Å²) in [6.07, 6.45) is 9.04. The fourth-order valence-electron chi connectivity index (χ4n) is 6.49. The number of carbonyl (C=O) groups is 2. The first-order chi connectivity index (χ1) is 19.5. The van der Waals surface area contributed by atoms with Gasteiger partial charge in [0.1, 0.15) is 0 Å². The monoisotopic (exact) mass is 558 g/mol. The van der Waals surface area contributed by atoms with Gasteiger partial charge in [0.25, 0.3) is 11.8 Å². The van der Waals surface area contributed by atoms with Crippen LogP contribution in [0.3, 0.4) is 0 Å². The molecule has 40 heavy (non-hydrogen) atoms. The molecule has 7 nitrogen and oxygen atoms in total. The molecule has 3 aliphatic rings. The summed E-state index contributed by atoms with van der Waals surface area (Å²) >= 11 is 1.27. The Bertz CT molecular complexity index is 1450. The molecule has 2 amide bonds. The first-order valence-electron chi connectivity index (χ1n) is 14.5. The Kier molecular flexibility index (Phi) is 8.01. The molecule has 1 aromatic heterocycles. The summed E-state index contributed by atoms with van der Waals surface area (Å²) in [5.41, 5.74) is 7.24. The zero-order chi connectivity index (χ0) is 27.6. The molecule has 1 N–H and O–H groups in total. The van der Waals surface area contributed by atoms with Crippen molar-refractivity contribution in [1.29, 1.82) is 0 Å². The van der Waals surface area contributed by atoms with E-state index in [1.54, 1.807) is 0 Å². The van der Waals surface area contributed by atoms with Gasteiger partial charge in [-0.3, -0.25) is 14.3 Å². The zero-order valence-corrected chi connectivity index (χ0v) is 24.3. The topological polar surface area (TPSA) is 66.8 Å². The van der Waals surface area contributed by atoms with Gasteiger partial charge in [-0.05, 0) is 68.6 Å². The van der Waals surface area contributed by atoms with Crippen LogP contribution in [0, 0.1) is 0 Å². The molecule has 3 aromatic rings. The number of nitrogens with zero attached hydrogens (tertiary/aromatic N) is 3. The van der Waals surface area contributed by atoms with Crippen LogP contribution in [-0.4, -0.2) is 66.0 Å². The highest BCUT2D eigenvalue weighted by Crippen LogP contribution is 2.46. The Balaban J connectivity index is 1.52. The predicted molar refractivity (Wildman–Crippen MR) is 162 cm³/mol. The average molecular weight is 559 g/mol. The van der Waals surface area contributed by atoms with E-state index in [0.29, 0.717) is 44.3 Å². The number of hydrogen-bond donors (Lipinski definition) is 1. The molecule has 1 saturated carbocycles. The van der Waals surface area contributed by atoms with E-state index >= 15 is 0 Å². The second-order valence-corrected chi connectivity index (χ2v) is 12.4. The molecule has 0 radical (unpaired) electrons. The molecule has 1 saturated heterocycles. The van der Waals surface area contributed by atoms with E-state index in [2.05, 4.69) is 45.7 Å². The van der Waals surface area contributed by atoms with Crippen molar-refractivity contribution in [3.8, 4) is 11.3 Å². The molecule has 6 rings (SSSR count). The van der Waals surface area contributed by atoms with Crippen molar-refractivity contribution in [3.05, 3.63) is 64.7 Å². The second kappa shape index (κ2) is 11.8. The molecule has 0 spiro atoms. The third-order valence-corrected chi connectivity index (χ3v) is 9.00. The lowest BCUT2D eigenvalue weighted by atomic mass is 9.81. The molecule has 3 heterocycles. The third-order valence-electron chi connectivity index (χ3n) is 8.36. The minimum Gasteiger partial charge on any atom is -0.380 e. The van der Waals surface area contributed by atoms with Crippen molar-refractivity contribution >= 4 is 40.9 Å². The summed E-state index contributed by atoms with van der Waals surface area (Å²) in [6, 6.07) is 14.6. The van der Waals surface area contributed by atoms with Gasteiger partial charge in [-0.2, -0.15) is 0 Å². The standard InChI is InChI=1S/C32H38N4O3S/c1-34(2)40-33-31(37)24-13-14-27-28(20-24)36-21-25(32(38)35-15-8-17-39-18-16-35)19-23-11-6-7-12-26(23)30(36)29(27)22-9-4-3-5-10-22/h6-7,11-14,19-20,22H,3-5,8-10,15-18,21H2,1-2H3,(H,33,37). The van der Waals surface area contributed by atoms with Crippen LogP contribution >= 0.6 is 12.1 Å². The van der Waals surface area contributed by atoms with Crippen LogP contribution in [0.15, 0.2) is 48.0 Å². The summed E-state index contributed by atoms with van der Waals surface area (Å²) in [4.78, 5) is 29.0. The summed E-state index contributed by atoms with van der Waals surface area (Å²) in [5, 5.41) is 1.20. The van der Waals surface area contributed by atoms with Crippen molar-refractivity contribution in [3.63, 3.8) is 0 Å². The Labute approximate surface area is 240 Å². The Morgan fingerprint density at radius 3 is 2.65 bits per heavy atom. The van der Waals surface area contributed by atoms with E-state index in [0.717, 1.165) is 28.6 Å². The number of amides is 2. The van der Waals surface area contributed by atoms with E-state index in [9.17, 15) is 9.59 Å². The Morgan fingerprint density at radius 1 is 1.00 bits per heavy atom. The van der Waals surface area contributed by atoms with Crippen LogP contribution in [-0.2, 0) is 16.1 Å². The van der Waals surface area contributed by atoms with Crippen LogP contribution in [0.4, 0.5) is 0 Å². The maximum absolute atomic E-state index is 14.0. The quantitative estimate of drug-likeness (QED) is 0.398. The first-order valence-corrected chi connectivity index (χ1v) is 15.3. The van der Waals surface area contributed by atoms with Gasteiger partial charge in [-0.25, -0.2) is 4.31 Å². The lowest BCUT2D eigenvalue weighted by Crippen LogP contribution is -2.35. The predicted octanol–water partition coefficient (Wildman–Crippen LogP) is 5.86. The molecular weight excluding hydrogens is 520 g/mol. The number of ether oxygens (including phenoxy) is 1. The number of benzene rings is 2. The third kappa shape index (κ3) is 5.32. The van der Waals surface area contributed by atoms with Crippen LogP contribution in [0.2, 0.25) is 0 Å². The van der Waals surface area contributed by atoms with Gasteiger partial charge in [-0.15, -0.1) is 0 Å². The highest BCUT2D eigenvalue weighted by atomic mass is 32.2. The van der Waals surface area contributed by atoms with Gasteiger partial charge in [0.15, 0.2) is 0 Å². The molecule has 8 heteroatoms. The van der Waals surface area contributed by atoms with Crippen LogP contribution < -0.4 is 4.72 Å². The average Bonchev–Trinajstić information content (AvgIpc) is 3.15. The summed E-state index contributed by atoms with van der Waals surface area (Å²) in [7, 11) is 3.80. The molecule has 0 unspecified atom stereocenters. The van der Waals surface area contributed by atoms with Crippen molar-refractivity contribution in [2.45, 2.75) is 51.0 Å². The molecule has 2 aromatic carbocycles. The van der Waals surface area contributed by atoms with Gasteiger partial charge in [0.05, 0.1) is 18.8 Å². The minimum absolute atomic E-state index is 0.0745. The van der Waals surface area contributed by atoms with Crippen LogP contribution in [0.25, 0.3) is 28.2 Å². The Morgan fingerprint density at radius 2 is 1.82 bits per heavy atom. The Hall–Kier alpha value is -3.07. The highest BCUT2D eigenvalue weighted by Gasteiger charge is 2.31. The second-order valence-electron chi connectivity index (χ2n) is 11.3. The minimum atomic E-state index is -0.124. The van der Waals surface area contributed by atoms with Crippen molar-refractivity contribution < 1.29 is 14.3 Å². The van der Waals surface area contributed by atoms with E-state index in [1.807, 2.05) is 35.4 Å². The van der Waals surface area contributed by atoms with Crippen LogP contribution in [0.1, 0.15) is 65.9 Å². The van der Waals surface area contributed by atoms with Gasteiger partial charge >= 0.3 is 0 Å². The lowest BCUT2D eigenvalue weighted by molar-refractivity contribution is -0.127. The van der Waals surface area contributed by atoms with Gasteiger partial charge in [0, 0.05) is 59.4 Å². The summed E-state index contributed by atoms with van der Waals surface area (Å²) < 4.78 is 12.7. The largest absolute Gasteiger partial charge is 0.380 e. The number of nitrogens with one attached hydrogen (secondary N) is 1. The maximum Gasteiger partial charge on any atom is 0.262 e. The fourth-order valence-corrected chi connectivity index (χ4v) is 6.88. The smallest absolute Gasteiger partial charge is 0.262 e. The lowest BCUT2D eigenvalue weighted by Gasteiger charge is -2.24. The molecule has 0 atom stereocenters. The highest BCUT2D eigenvalue weighted by molar-refractivity contribution is 7.95. The number of hydrogen-bond acceptors (Lipinski definition) is 5. The summed E-state index contributed by atoms with van der Waals surface area (Å²) in [6.45, 7) is 3.06. The number of aromatic nitrogens is 1. The van der Waals surface area contributed by atoms with E-state index in [4.69, 9.17) is 4.74 Å². The van der Waals surface area contributed by atoms with Gasteiger partial charge in [0.2, 0.25) is 0 Å². The van der Waals surface area contributed by atoms with Crippen molar-refractivity contribution in [1.82, 2.24) is 18.5 Å². The molecular formula is C32H38N4O3S. The van der Waals surface area contributed by atoms with Crippen LogP contribution in [0.5, 0.6) is 0 Å². The maximum atomic E-state index is 14.0. The van der Waals surface area contributed by atoms with E-state index in [1.165, 1.54) is 60.9 Å². The summed E-state index contributed by atoms with van der Waals surface area (Å²) in [5.74, 6) is 0.413. The van der Waals surface area contributed by atoms with E-state index < -0.39 is 0 Å². The fraction of sp³-hybridized carbons (Fsp3) is 0.438. The number of fused-ring (bicyclic) bond motifs is 5. The zero-order valence-electron chi connectivity index (χ0n) is 23.4.